The third-order valence-electron chi connectivity index (χ3n) is 1.84. The molecule has 0 aliphatic carbocycles. The van der Waals surface area contributed by atoms with Crippen molar-refractivity contribution >= 4 is 33.4 Å². The van der Waals surface area contributed by atoms with Gasteiger partial charge in [-0.2, -0.15) is 0 Å². The van der Waals surface area contributed by atoms with Crippen molar-refractivity contribution < 1.29 is 9.53 Å². The number of carbonyl (C=O) groups is 1. The van der Waals surface area contributed by atoms with E-state index in [1.165, 1.54) is 0 Å². The molecule has 1 rings (SSSR count). The van der Waals surface area contributed by atoms with Gasteiger partial charge in [0.15, 0.2) is 0 Å². The van der Waals surface area contributed by atoms with E-state index in [2.05, 4.69) is 21.2 Å². The molecule has 16 heavy (non-hydrogen) atoms. The number of carbonyl (C=O) groups excluding carboxylic acids is 1. The van der Waals surface area contributed by atoms with Gasteiger partial charge in [-0.3, -0.25) is 4.79 Å². The second kappa shape index (κ2) is 7.65. The Morgan fingerprint density at radius 1 is 1.44 bits per heavy atom. The molecule has 0 saturated heterocycles. The molecule has 1 N–H and O–H groups in total. The van der Waals surface area contributed by atoms with Crippen molar-refractivity contribution in [2.45, 2.75) is 0 Å². The smallest absolute Gasteiger partial charge is 0.251 e. The van der Waals surface area contributed by atoms with E-state index in [0.29, 0.717) is 31.2 Å². The molecule has 3 nitrogen and oxygen atoms in total. The van der Waals surface area contributed by atoms with Crippen LogP contribution in [0.4, 0.5) is 0 Å². The molecular weight excluding hydrogens is 293 g/mol. The molecule has 0 aromatic heterocycles. The highest BCUT2D eigenvalue weighted by atomic mass is 79.9. The number of nitrogens with one attached hydrogen (secondary N) is 1. The number of ether oxygens (including phenoxy) is 1. The summed E-state index contributed by atoms with van der Waals surface area (Å²) in [5.41, 5.74) is 0.631. The van der Waals surface area contributed by atoms with Crippen LogP contribution in [0.2, 0.25) is 0 Å². The van der Waals surface area contributed by atoms with Crippen LogP contribution < -0.4 is 5.32 Å². The third-order valence-corrected chi connectivity index (χ3v) is 2.49. The number of hydrogen-bond acceptors (Lipinski definition) is 2. The molecule has 0 aliphatic heterocycles. The number of rotatable bonds is 6. The van der Waals surface area contributed by atoms with Gasteiger partial charge in [0.1, 0.15) is 0 Å². The van der Waals surface area contributed by atoms with Crippen LogP contribution in [0.25, 0.3) is 0 Å². The van der Waals surface area contributed by atoms with Gasteiger partial charge in [-0.1, -0.05) is 22.0 Å². The predicted molar refractivity (Wildman–Crippen MR) is 68.0 cm³/mol. The first-order valence-corrected chi connectivity index (χ1v) is 6.24. The van der Waals surface area contributed by atoms with Crippen LogP contribution in [0.15, 0.2) is 28.7 Å². The molecular formula is C11H13BrClNO2. The van der Waals surface area contributed by atoms with E-state index in [1.807, 2.05) is 12.1 Å². The Bertz CT molecular complexity index is 347. The maximum absolute atomic E-state index is 11.6. The summed E-state index contributed by atoms with van der Waals surface area (Å²) in [7, 11) is 0. The van der Waals surface area contributed by atoms with E-state index >= 15 is 0 Å². The average Bonchev–Trinajstić information content (AvgIpc) is 2.28. The summed E-state index contributed by atoms with van der Waals surface area (Å²) in [5.74, 6) is 0.371. The van der Waals surface area contributed by atoms with Crippen LogP contribution in [-0.4, -0.2) is 31.5 Å². The fourth-order valence-corrected chi connectivity index (χ4v) is 1.63. The van der Waals surface area contributed by atoms with Gasteiger partial charge in [0.05, 0.1) is 13.2 Å². The molecule has 0 fully saturated rings. The predicted octanol–water partition coefficient (Wildman–Crippen LogP) is 2.43. The standard InChI is InChI=1S/C11H13BrClNO2/c12-10-3-1-2-9(8-10)11(15)14-5-7-16-6-4-13/h1-3,8H,4-7H2,(H,14,15). The third kappa shape index (κ3) is 4.96. The zero-order valence-electron chi connectivity index (χ0n) is 8.71. The van der Waals surface area contributed by atoms with Crippen LogP contribution in [0.3, 0.4) is 0 Å². The summed E-state index contributed by atoms with van der Waals surface area (Å²) in [6.45, 7) is 1.48. The molecule has 1 amide bonds. The van der Waals surface area contributed by atoms with Crippen molar-refractivity contribution in [3.8, 4) is 0 Å². The Morgan fingerprint density at radius 2 is 2.25 bits per heavy atom. The fourth-order valence-electron chi connectivity index (χ4n) is 1.13. The van der Waals surface area contributed by atoms with Crippen LogP contribution >= 0.6 is 27.5 Å². The van der Waals surface area contributed by atoms with Crippen molar-refractivity contribution in [3.05, 3.63) is 34.3 Å². The zero-order chi connectivity index (χ0) is 11.8. The van der Waals surface area contributed by atoms with Crippen molar-refractivity contribution in [3.63, 3.8) is 0 Å². The van der Waals surface area contributed by atoms with E-state index in [1.54, 1.807) is 12.1 Å². The Morgan fingerprint density at radius 3 is 2.94 bits per heavy atom. The molecule has 0 atom stereocenters. The minimum Gasteiger partial charge on any atom is -0.378 e. The maximum atomic E-state index is 11.6. The molecule has 0 heterocycles. The summed E-state index contributed by atoms with van der Waals surface area (Å²) in [4.78, 5) is 11.6. The first-order valence-electron chi connectivity index (χ1n) is 4.91. The summed E-state index contributed by atoms with van der Waals surface area (Å²) >= 11 is 8.75. The lowest BCUT2D eigenvalue weighted by molar-refractivity contribution is 0.0923. The van der Waals surface area contributed by atoms with Crippen LogP contribution in [0.5, 0.6) is 0 Å². The van der Waals surface area contributed by atoms with Gasteiger partial charge in [-0.05, 0) is 18.2 Å². The SMILES string of the molecule is O=C(NCCOCCCl)c1cccc(Br)c1. The normalized spacial score (nSPS) is 10.1. The molecule has 5 heteroatoms. The lowest BCUT2D eigenvalue weighted by Crippen LogP contribution is -2.27. The van der Waals surface area contributed by atoms with Gasteiger partial charge in [0.2, 0.25) is 0 Å². The van der Waals surface area contributed by atoms with Crippen LogP contribution in [0.1, 0.15) is 10.4 Å². The largest absolute Gasteiger partial charge is 0.378 e. The Balaban J connectivity index is 2.30. The lowest BCUT2D eigenvalue weighted by atomic mass is 10.2. The number of benzene rings is 1. The Labute approximate surface area is 108 Å². The highest BCUT2D eigenvalue weighted by molar-refractivity contribution is 9.10. The number of halogens is 2. The quantitative estimate of drug-likeness (QED) is 0.647. The van der Waals surface area contributed by atoms with Gasteiger partial charge in [0.25, 0.3) is 5.91 Å². The van der Waals surface area contributed by atoms with Crippen molar-refractivity contribution in [2.24, 2.45) is 0 Å². The number of amides is 1. The zero-order valence-corrected chi connectivity index (χ0v) is 11.1. The Kier molecular flexibility index (Phi) is 6.45. The van der Waals surface area contributed by atoms with E-state index in [-0.39, 0.29) is 5.91 Å². The maximum Gasteiger partial charge on any atom is 0.251 e. The summed E-state index contributed by atoms with van der Waals surface area (Å²) in [6, 6.07) is 7.23. The minimum absolute atomic E-state index is 0.101. The summed E-state index contributed by atoms with van der Waals surface area (Å²) in [5, 5.41) is 2.76. The van der Waals surface area contributed by atoms with Gasteiger partial charge in [-0.15, -0.1) is 11.6 Å². The molecule has 88 valence electrons. The van der Waals surface area contributed by atoms with E-state index in [4.69, 9.17) is 16.3 Å². The summed E-state index contributed by atoms with van der Waals surface area (Å²) in [6.07, 6.45) is 0. The van der Waals surface area contributed by atoms with Gasteiger partial charge < -0.3 is 10.1 Å². The highest BCUT2D eigenvalue weighted by Gasteiger charge is 2.04. The monoisotopic (exact) mass is 305 g/mol. The number of hydrogen-bond donors (Lipinski definition) is 1. The molecule has 0 spiro atoms. The van der Waals surface area contributed by atoms with Crippen molar-refractivity contribution in [1.29, 1.82) is 0 Å². The average molecular weight is 307 g/mol. The molecule has 0 bridgehead atoms. The Hall–Kier alpha value is -0.580. The van der Waals surface area contributed by atoms with Crippen LogP contribution in [-0.2, 0) is 4.74 Å². The van der Waals surface area contributed by atoms with E-state index < -0.39 is 0 Å². The summed E-state index contributed by atoms with van der Waals surface area (Å²) < 4.78 is 6.02. The molecule has 1 aromatic rings. The van der Waals surface area contributed by atoms with Crippen molar-refractivity contribution in [2.75, 3.05) is 25.6 Å². The number of alkyl halides is 1. The van der Waals surface area contributed by atoms with Crippen LogP contribution in [0, 0.1) is 0 Å². The molecule has 0 unspecified atom stereocenters. The first-order chi connectivity index (χ1) is 7.74. The molecule has 0 saturated carbocycles. The molecule has 0 aliphatic rings. The van der Waals surface area contributed by atoms with Gasteiger partial charge >= 0.3 is 0 Å². The second-order valence-corrected chi connectivity index (χ2v) is 4.36. The van der Waals surface area contributed by atoms with E-state index in [0.717, 1.165) is 4.47 Å². The minimum atomic E-state index is -0.101. The van der Waals surface area contributed by atoms with Gasteiger partial charge in [-0.25, -0.2) is 0 Å². The fraction of sp³-hybridized carbons (Fsp3) is 0.364. The molecule has 1 aromatic carbocycles. The van der Waals surface area contributed by atoms with E-state index in [9.17, 15) is 4.79 Å². The van der Waals surface area contributed by atoms with Crippen molar-refractivity contribution in [1.82, 2.24) is 5.32 Å². The van der Waals surface area contributed by atoms with Gasteiger partial charge in [0, 0.05) is 22.5 Å². The topological polar surface area (TPSA) is 38.3 Å². The highest BCUT2D eigenvalue weighted by Crippen LogP contribution is 2.11. The lowest BCUT2D eigenvalue weighted by Gasteiger charge is -2.05. The molecule has 0 radical (unpaired) electrons. The first kappa shape index (κ1) is 13.5. The second-order valence-electron chi connectivity index (χ2n) is 3.07.